The van der Waals surface area contributed by atoms with Gasteiger partial charge in [0.2, 0.25) is 0 Å². The van der Waals surface area contributed by atoms with E-state index in [0.29, 0.717) is 29.5 Å². The van der Waals surface area contributed by atoms with Gasteiger partial charge < -0.3 is 15.4 Å². The number of ether oxygens (including phenoxy) is 1. The fourth-order valence-corrected chi connectivity index (χ4v) is 5.77. The van der Waals surface area contributed by atoms with Crippen molar-refractivity contribution in [2.24, 2.45) is 16.3 Å². The average Bonchev–Trinajstić information content (AvgIpc) is 3.37. The molecule has 3 fully saturated rings. The molecular formula is C18H28N6O. The number of aromatic nitrogens is 3. The standard InChI is InChI=1S/C18H28N6O/c1-19-17(22-12-4-5-14-20-11-21-24(14)10-12)23-15-13-6-9-25-16(13)18(15)7-2-3-8-18/h11-13,15-16H,2-10H2,1H3,(H2,19,22,23). The van der Waals surface area contributed by atoms with Crippen molar-refractivity contribution in [1.82, 2.24) is 25.4 Å². The van der Waals surface area contributed by atoms with Gasteiger partial charge in [0.1, 0.15) is 12.2 Å². The van der Waals surface area contributed by atoms with E-state index in [1.165, 1.54) is 32.1 Å². The van der Waals surface area contributed by atoms with Crippen molar-refractivity contribution in [2.45, 2.75) is 69.7 Å². The number of guanidine groups is 1. The zero-order valence-corrected chi connectivity index (χ0v) is 14.9. The van der Waals surface area contributed by atoms with Crippen molar-refractivity contribution in [3.05, 3.63) is 12.2 Å². The monoisotopic (exact) mass is 344 g/mol. The number of aryl methyl sites for hydroxylation is 1. The van der Waals surface area contributed by atoms with Crippen LogP contribution in [0.1, 0.15) is 44.3 Å². The zero-order chi connectivity index (χ0) is 16.9. The first-order valence-corrected chi connectivity index (χ1v) is 9.78. The number of nitrogens with zero attached hydrogens (tertiary/aromatic N) is 4. The SMILES string of the molecule is CN=C(NC1CCc2ncnn2C1)NC1C2CCOC2C12CCCC2. The lowest BCUT2D eigenvalue weighted by Gasteiger charge is -2.57. The maximum absolute atomic E-state index is 6.10. The van der Waals surface area contributed by atoms with Gasteiger partial charge in [0, 0.05) is 43.5 Å². The highest BCUT2D eigenvalue weighted by Crippen LogP contribution is 2.60. The van der Waals surface area contributed by atoms with Crippen LogP contribution in [-0.2, 0) is 17.7 Å². The lowest BCUT2D eigenvalue weighted by molar-refractivity contribution is -0.125. The van der Waals surface area contributed by atoms with Crippen LogP contribution >= 0.6 is 0 Å². The molecule has 2 N–H and O–H groups in total. The Bertz CT molecular complexity index is 664. The number of nitrogens with one attached hydrogen (secondary N) is 2. The normalized spacial score (nSPS) is 36.0. The summed E-state index contributed by atoms with van der Waals surface area (Å²) in [4.78, 5) is 8.83. The third-order valence-electron chi connectivity index (χ3n) is 6.95. The second kappa shape index (κ2) is 5.97. The lowest BCUT2D eigenvalue weighted by Crippen LogP contribution is -2.69. The average molecular weight is 344 g/mol. The van der Waals surface area contributed by atoms with Crippen molar-refractivity contribution in [3.8, 4) is 0 Å². The minimum atomic E-state index is 0.352. The molecule has 3 heterocycles. The molecule has 7 heteroatoms. The van der Waals surface area contributed by atoms with E-state index < -0.39 is 0 Å². The Labute approximate surface area is 148 Å². The van der Waals surface area contributed by atoms with Gasteiger partial charge in [-0.25, -0.2) is 9.67 Å². The van der Waals surface area contributed by atoms with Gasteiger partial charge in [-0.1, -0.05) is 12.8 Å². The number of fused-ring (bicyclic) bond motifs is 3. The summed E-state index contributed by atoms with van der Waals surface area (Å²) in [6, 6.07) is 0.870. The topological polar surface area (TPSA) is 76.4 Å². The summed E-state index contributed by atoms with van der Waals surface area (Å²) in [5.41, 5.74) is 0.352. The van der Waals surface area contributed by atoms with Crippen molar-refractivity contribution >= 4 is 5.96 Å². The fourth-order valence-electron chi connectivity index (χ4n) is 5.77. The number of hydrogen-bond donors (Lipinski definition) is 2. The van der Waals surface area contributed by atoms with Gasteiger partial charge in [-0.3, -0.25) is 4.99 Å². The van der Waals surface area contributed by atoms with E-state index in [2.05, 4.69) is 25.7 Å². The van der Waals surface area contributed by atoms with Gasteiger partial charge in [-0.15, -0.1) is 0 Å². The van der Waals surface area contributed by atoms with Gasteiger partial charge in [0.05, 0.1) is 12.6 Å². The van der Waals surface area contributed by atoms with Crippen LogP contribution in [-0.4, -0.2) is 52.6 Å². The number of aliphatic imine (C=N–C) groups is 1. The molecule has 2 aliphatic heterocycles. The first-order chi connectivity index (χ1) is 12.3. The maximum Gasteiger partial charge on any atom is 0.191 e. The largest absolute Gasteiger partial charge is 0.377 e. The summed E-state index contributed by atoms with van der Waals surface area (Å²) >= 11 is 0. The molecule has 25 heavy (non-hydrogen) atoms. The van der Waals surface area contributed by atoms with E-state index in [0.717, 1.165) is 37.8 Å². The molecule has 1 saturated heterocycles. The Morgan fingerprint density at radius 2 is 2.20 bits per heavy atom. The molecule has 0 aromatic carbocycles. The first kappa shape index (κ1) is 15.6. The summed E-state index contributed by atoms with van der Waals surface area (Å²) < 4.78 is 8.11. The molecule has 0 bridgehead atoms. The summed E-state index contributed by atoms with van der Waals surface area (Å²) in [6.45, 7) is 1.79. The molecule has 0 radical (unpaired) electrons. The second-order valence-electron chi connectivity index (χ2n) is 8.12. The molecule has 2 saturated carbocycles. The van der Waals surface area contributed by atoms with E-state index in [9.17, 15) is 0 Å². The summed E-state index contributed by atoms with van der Waals surface area (Å²) in [6.07, 6.45) is 10.7. The van der Waals surface area contributed by atoms with Crippen LogP contribution < -0.4 is 10.6 Å². The highest BCUT2D eigenvalue weighted by molar-refractivity contribution is 5.80. The molecule has 2 aliphatic carbocycles. The summed E-state index contributed by atoms with van der Waals surface area (Å²) in [5, 5.41) is 11.7. The predicted molar refractivity (Wildman–Crippen MR) is 94.3 cm³/mol. The summed E-state index contributed by atoms with van der Waals surface area (Å²) in [7, 11) is 1.88. The second-order valence-corrected chi connectivity index (χ2v) is 8.12. The molecular weight excluding hydrogens is 316 g/mol. The van der Waals surface area contributed by atoms with Crippen molar-refractivity contribution < 1.29 is 4.74 Å². The zero-order valence-electron chi connectivity index (χ0n) is 14.9. The number of hydrogen-bond acceptors (Lipinski definition) is 4. The third kappa shape index (κ3) is 2.39. The molecule has 4 atom stereocenters. The first-order valence-electron chi connectivity index (χ1n) is 9.78. The Hall–Kier alpha value is -1.63. The summed E-state index contributed by atoms with van der Waals surface area (Å²) in [5.74, 6) is 2.69. The molecule has 4 aliphatic rings. The van der Waals surface area contributed by atoms with Crippen molar-refractivity contribution in [2.75, 3.05) is 13.7 Å². The highest BCUT2D eigenvalue weighted by atomic mass is 16.5. The van der Waals surface area contributed by atoms with Gasteiger partial charge in [-0.2, -0.15) is 5.10 Å². The Kier molecular flexibility index (Phi) is 3.73. The third-order valence-corrected chi connectivity index (χ3v) is 6.95. The van der Waals surface area contributed by atoms with Crippen LogP contribution in [0.5, 0.6) is 0 Å². The lowest BCUT2D eigenvalue weighted by atomic mass is 9.54. The van der Waals surface area contributed by atoms with Crippen LogP contribution in [0.3, 0.4) is 0 Å². The van der Waals surface area contributed by atoms with Crippen molar-refractivity contribution in [1.29, 1.82) is 0 Å². The van der Waals surface area contributed by atoms with Crippen LogP contribution in [0.4, 0.5) is 0 Å². The Morgan fingerprint density at radius 1 is 1.32 bits per heavy atom. The maximum atomic E-state index is 6.10. The smallest absolute Gasteiger partial charge is 0.191 e. The van der Waals surface area contributed by atoms with Crippen LogP contribution in [0, 0.1) is 11.3 Å². The van der Waals surface area contributed by atoms with Gasteiger partial charge in [0.25, 0.3) is 0 Å². The molecule has 4 unspecified atom stereocenters. The van der Waals surface area contributed by atoms with Crippen LogP contribution in [0.15, 0.2) is 11.3 Å². The van der Waals surface area contributed by atoms with Gasteiger partial charge in [0.15, 0.2) is 5.96 Å². The molecule has 1 spiro atoms. The molecule has 1 aromatic rings. The van der Waals surface area contributed by atoms with Crippen LogP contribution in [0.2, 0.25) is 0 Å². The van der Waals surface area contributed by atoms with Gasteiger partial charge in [-0.05, 0) is 25.7 Å². The minimum absolute atomic E-state index is 0.352. The molecule has 1 aromatic heterocycles. The number of rotatable bonds is 2. The molecule has 136 valence electrons. The van der Waals surface area contributed by atoms with E-state index in [-0.39, 0.29) is 0 Å². The van der Waals surface area contributed by atoms with E-state index >= 15 is 0 Å². The quantitative estimate of drug-likeness (QED) is 0.621. The highest BCUT2D eigenvalue weighted by Gasteiger charge is 2.65. The van der Waals surface area contributed by atoms with Crippen molar-refractivity contribution in [3.63, 3.8) is 0 Å². The Balaban J connectivity index is 1.26. The Morgan fingerprint density at radius 3 is 3.04 bits per heavy atom. The molecule has 7 nitrogen and oxygen atoms in total. The van der Waals surface area contributed by atoms with Crippen LogP contribution in [0.25, 0.3) is 0 Å². The fraction of sp³-hybridized carbons (Fsp3) is 0.833. The molecule has 0 amide bonds. The van der Waals surface area contributed by atoms with E-state index in [1.54, 1.807) is 6.33 Å². The molecule has 5 rings (SSSR count). The van der Waals surface area contributed by atoms with E-state index in [1.807, 2.05) is 11.7 Å². The predicted octanol–water partition coefficient (Wildman–Crippen LogP) is 1.11. The van der Waals surface area contributed by atoms with Gasteiger partial charge >= 0.3 is 0 Å². The minimum Gasteiger partial charge on any atom is -0.377 e. The van der Waals surface area contributed by atoms with E-state index in [4.69, 9.17) is 4.74 Å².